The summed E-state index contributed by atoms with van der Waals surface area (Å²) in [5.41, 5.74) is 1.76. The number of nitrogens with one attached hydrogen (secondary N) is 3. The van der Waals surface area contributed by atoms with E-state index in [9.17, 15) is 9.59 Å². The molecule has 8 heteroatoms. The number of hydrogen-bond acceptors (Lipinski definition) is 4. The van der Waals surface area contributed by atoms with E-state index >= 15 is 0 Å². The maximum Gasteiger partial charge on any atom is 0.239 e. The fourth-order valence-corrected chi connectivity index (χ4v) is 2.46. The maximum absolute atomic E-state index is 11.9. The van der Waals surface area contributed by atoms with Gasteiger partial charge < -0.3 is 20.7 Å². The fourth-order valence-electron chi connectivity index (χ4n) is 2.10. The second-order valence-electron chi connectivity index (χ2n) is 5.13. The molecule has 1 aromatic carbocycles. The van der Waals surface area contributed by atoms with Crippen molar-refractivity contribution in [2.24, 2.45) is 0 Å². The minimum absolute atomic E-state index is 0. The first-order valence-electron chi connectivity index (χ1n) is 7.21. The Hall–Kier alpha value is -1.15. The molecular formula is C15H21BrClN3O3. The van der Waals surface area contributed by atoms with E-state index in [1.807, 2.05) is 25.1 Å². The second-order valence-corrected chi connectivity index (χ2v) is 6.05. The van der Waals surface area contributed by atoms with Crippen LogP contribution in [-0.2, 0) is 14.3 Å². The third kappa shape index (κ3) is 6.47. The molecule has 0 aliphatic carbocycles. The summed E-state index contributed by atoms with van der Waals surface area (Å²) in [4.78, 5) is 23.8. The van der Waals surface area contributed by atoms with Gasteiger partial charge in [0.1, 0.15) is 6.04 Å². The first-order chi connectivity index (χ1) is 10.6. The largest absolute Gasteiger partial charge is 0.378 e. The Kier molecular flexibility index (Phi) is 8.54. The Bertz CT molecular complexity index is 551. The minimum atomic E-state index is -0.330. The zero-order valence-corrected chi connectivity index (χ0v) is 15.3. The standard InChI is InChI=1S/C15H20BrN3O3.ClH/c1-10-2-3-11(16)8-12(10)19-14(20)4-5-18-15(21)13-9-22-7-6-17-13;/h2-3,8,13,17H,4-7,9H2,1H3,(H,18,21)(H,19,20);1H. The Morgan fingerprint density at radius 3 is 2.91 bits per heavy atom. The third-order valence-corrected chi connectivity index (χ3v) is 3.86. The lowest BCUT2D eigenvalue weighted by molar-refractivity contribution is -0.126. The van der Waals surface area contributed by atoms with Gasteiger partial charge in [-0.1, -0.05) is 22.0 Å². The van der Waals surface area contributed by atoms with Gasteiger partial charge in [0.15, 0.2) is 0 Å². The highest BCUT2D eigenvalue weighted by Gasteiger charge is 2.20. The first-order valence-corrected chi connectivity index (χ1v) is 8.00. The van der Waals surface area contributed by atoms with Crippen LogP contribution in [0, 0.1) is 6.92 Å². The van der Waals surface area contributed by atoms with Crippen LogP contribution in [0.5, 0.6) is 0 Å². The third-order valence-electron chi connectivity index (χ3n) is 3.36. The lowest BCUT2D eigenvalue weighted by Crippen LogP contribution is -2.51. The Balaban J connectivity index is 0.00000264. The predicted octanol–water partition coefficient (Wildman–Crippen LogP) is 1.61. The quantitative estimate of drug-likeness (QED) is 0.694. The van der Waals surface area contributed by atoms with Gasteiger partial charge in [0.2, 0.25) is 11.8 Å². The summed E-state index contributed by atoms with van der Waals surface area (Å²) in [5, 5.41) is 8.65. The van der Waals surface area contributed by atoms with Crippen LogP contribution in [-0.4, -0.2) is 44.2 Å². The highest BCUT2D eigenvalue weighted by atomic mass is 79.9. The summed E-state index contributed by atoms with van der Waals surface area (Å²) < 4.78 is 6.13. The topological polar surface area (TPSA) is 79.5 Å². The summed E-state index contributed by atoms with van der Waals surface area (Å²) in [6, 6.07) is 5.37. The zero-order valence-electron chi connectivity index (χ0n) is 12.9. The van der Waals surface area contributed by atoms with Crippen molar-refractivity contribution in [3.63, 3.8) is 0 Å². The van der Waals surface area contributed by atoms with Crippen LogP contribution in [0.1, 0.15) is 12.0 Å². The molecule has 1 fully saturated rings. The molecule has 23 heavy (non-hydrogen) atoms. The van der Waals surface area contributed by atoms with Crippen LogP contribution in [0.4, 0.5) is 5.69 Å². The van der Waals surface area contributed by atoms with Gasteiger partial charge in [-0.05, 0) is 24.6 Å². The van der Waals surface area contributed by atoms with E-state index < -0.39 is 0 Å². The molecule has 1 aromatic rings. The number of ether oxygens (including phenoxy) is 1. The SMILES string of the molecule is Cc1ccc(Br)cc1NC(=O)CCNC(=O)C1COCCN1.Cl. The molecule has 1 aliphatic heterocycles. The van der Waals surface area contributed by atoms with Gasteiger partial charge in [-0.15, -0.1) is 12.4 Å². The lowest BCUT2D eigenvalue weighted by atomic mass is 10.2. The molecule has 2 amide bonds. The normalized spacial score (nSPS) is 17.0. The Morgan fingerprint density at radius 2 is 2.22 bits per heavy atom. The van der Waals surface area contributed by atoms with Gasteiger partial charge in [-0.3, -0.25) is 9.59 Å². The van der Waals surface area contributed by atoms with Crippen molar-refractivity contribution in [1.82, 2.24) is 10.6 Å². The second kappa shape index (κ2) is 9.87. The van der Waals surface area contributed by atoms with Gasteiger partial charge >= 0.3 is 0 Å². The van der Waals surface area contributed by atoms with E-state index in [1.54, 1.807) is 0 Å². The number of amides is 2. The number of carbonyl (C=O) groups excluding carboxylic acids is 2. The molecule has 0 aromatic heterocycles. The number of anilines is 1. The summed E-state index contributed by atoms with van der Waals surface area (Å²) in [7, 11) is 0. The highest BCUT2D eigenvalue weighted by Crippen LogP contribution is 2.20. The number of morpholine rings is 1. The number of rotatable bonds is 5. The molecule has 1 saturated heterocycles. The summed E-state index contributed by atoms with van der Waals surface area (Å²) in [5.74, 6) is -0.263. The Labute approximate surface area is 150 Å². The number of carbonyl (C=O) groups is 2. The van der Waals surface area contributed by atoms with Crippen molar-refractivity contribution < 1.29 is 14.3 Å². The van der Waals surface area contributed by atoms with Crippen molar-refractivity contribution >= 4 is 45.8 Å². The molecule has 128 valence electrons. The number of halogens is 2. The smallest absolute Gasteiger partial charge is 0.239 e. The number of aryl methyl sites for hydroxylation is 1. The molecule has 1 atom stereocenters. The average molecular weight is 407 g/mol. The predicted molar refractivity (Wildman–Crippen MR) is 95.0 cm³/mol. The molecule has 0 spiro atoms. The van der Waals surface area contributed by atoms with Crippen LogP contribution >= 0.6 is 28.3 Å². The van der Waals surface area contributed by atoms with Gasteiger partial charge in [0.25, 0.3) is 0 Å². The monoisotopic (exact) mass is 405 g/mol. The van der Waals surface area contributed by atoms with Crippen molar-refractivity contribution in [2.45, 2.75) is 19.4 Å². The molecule has 1 unspecified atom stereocenters. The number of benzene rings is 1. The maximum atomic E-state index is 11.9. The molecule has 0 radical (unpaired) electrons. The number of hydrogen-bond donors (Lipinski definition) is 3. The Morgan fingerprint density at radius 1 is 1.43 bits per heavy atom. The zero-order chi connectivity index (χ0) is 15.9. The summed E-state index contributed by atoms with van der Waals surface area (Å²) >= 11 is 3.37. The van der Waals surface area contributed by atoms with Gasteiger partial charge in [-0.2, -0.15) is 0 Å². The molecule has 2 rings (SSSR count). The van der Waals surface area contributed by atoms with Crippen LogP contribution in [0.2, 0.25) is 0 Å². The van der Waals surface area contributed by atoms with E-state index in [0.717, 1.165) is 15.7 Å². The van der Waals surface area contributed by atoms with Crippen molar-refractivity contribution in [1.29, 1.82) is 0 Å². The van der Waals surface area contributed by atoms with Crippen LogP contribution < -0.4 is 16.0 Å². The molecule has 1 heterocycles. The van der Waals surface area contributed by atoms with Gasteiger partial charge in [-0.25, -0.2) is 0 Å². The molecule has 0 bridgehead atoms. The molecular weight excluding hydrogens is 386 g/mol. The van der Waals surface area contributed by atoms with Crippen molar-refractivity contribution in [3.8, 4) is 0 Å². The van der Waals surface area contributed by atoms with Gasteiger partial charge in [0.05, 0.1) is 13.2 Å². The molecule has 6 nitrogen and oxygen atoms in total. The summed E-state index contributed by atoms with van der Waals surface area (Å²) in [6.07, 6.45) is 0.227. The van der Waals surface area contributed by atoms with E-state index in [2.05, 4.69) is 31.9 Å². The van der Waals surface area contributed by atoms with Crippen LogP contribution in [0.15, 0.2) is 22.7 Å². The van der Waals surface area contributed by atoms with E-state index in [4.69, 9.17) is 4.74 Å². The van der Waals surface area contributed by atoms with Crippen LogP contribution in [0.25, 0.3) is 0 Å². The molecule has 0 saturated carbocycles. The van der Waals surface area contributed by atoms with E-state index in [-0.39, 0.29) is 36.7 Å². The molecule has 3 N–H and O–H groups in total. The van der Waals surface area contributed by atoms with E-state index in [0.29, 0.717) is 26.3 Å². The van der Waals surface area contributed by atoms with Crippen molar-refractivity contribution in [3.05, 3.63) is 28.2 Å². The highest BCUT2D eigenvalue weighted by molar-refractivity contribution is 9.10. The van der Waals surface area contributed by atoms with E-state index in [1.165, 1.54) is 0 Å². The lowest BCUT2D eigenvalue weighted by Gasteiger charge is -2.22. The minimum Gasteiger partial charge on any atom is -0.378 e. The average Bonchev–Trinajstić information content (AvgIpc) is 2.51. The van der Waals surface area contributed by atoms with Crippen molar-refractivity contribution in [2.75, 3.05) is 31.6 Å². The fraction of sp³-hybridized carbons (Fsp3) is 0.467. The first kappa shape index (κ1) is 19.9. The van der Waals surface area contributed by atoms with Gasteiger partial charge in [0, 0.05) is 29.7 Å². The van der Waals surface area contributed by atoms with Crippen LogP contribution in [0.3, 0.4) is 0 Å². The summed E-state index contributed by atoms with van der Waals surface area (Å²) in [6.45, 7) is 3.89. The molecule has 1 aliphatic rings.